The van der Waals surface area contributed by atoms with Gasteiger partial charge in [-0.3, -0.25) is 4.79 Å². The summed E-state index contributed by atoms with van der Waals surface area (Å²) < 4.78 is 10.7. The maximum atomic E-state index is 11.4. The van der Waals surface area contributed by atoms with Crippen LogP contribution >= 0.6 is 0 Å². The van der Waals surface area contributed by atoms with E-state index in [2.05, 4.69) is 6.07 Å². The van der Waals surface area contributed by atoms with Crippen LogP contribution in [-0.2, 0) is 6.61 Å². The Kier molecular flexibility index (Phi) is 4.42. The number of nitriles is 1. The summed E-state index contributed by atoms with van der Waals surface area (Å²) in [7, 11) is 1.52. The van der Waals surface area contributed by atoms with Gasteiger partial charge < -0.3 is 15.2 Å². The number of amides is 1. The van der Waals surface area contributed by atoms with Gasteiger partial charge in [-0.15, -0.1) is 0 Å². The number of rotatable bonds is 5. The quantitative estimate of drug-likeness (QED) is 0.911. The summed E-state index contributed by atoms with van der Waals surface area (Å²) in [5.74, 6) is 0.305. The fraction of sp³-hybridized carbons (Fsp3) is 0.125. The molecule has 1 amide bonds. The molecule has 2 aromatic carbocycles. The van der Waals surface area contributed by atoms with Gasteiger partial charge in [0.25, 0.3) is 5.91 Å². The average molecular weight is 282 g/mol. The van der Waals surface area contributed by atoms with E-state index in [1.807, 2.05) is 6.07 Å². The Morgan fingerprint density at radius 2 is 2.05 bits per heavy atom. The van der Waals surface area contributed by atoms with Crippen LogP contribution in [0.15, 0.2) is 42.5 Å². The van der Waals surface area contributed by atoms with Gasteiger partial charge >= 0.3 is 0 Å². The van der Waals surface area contributed by atoms with Gasteiger partial charge in [0.15, 0.2) is 0 Å². The molecule has 0 unspecified atom stereocenters. The molecule has 0 bridgehead atoms. The van der Waals surface area contributed by atoms with Gasteiger partial charge in [-0.2, -0.15) is 5.26 Å². The van der Waals surface area contributed by atoms with E-state index in [-0.39, 0.29) is 12.2 Å². The van der Waals surface area contributed by atoms with E-state index < -0.39 is 5.91 Å². The molecule has 2 N–H and O–H groups in total. The van der Waals surface area contributed by atoms with E-state index in [4.69, 9.17) is 20.5 Å². The molecule has 0 aromatic heterocycles. The molecule has 21 heavy (non-hydrogen) atoms. The predicted molar refractivity (Wildman–Crippen MR) is 77.0 cm³/mol. The molecule has 0 radical (unpaired) electrons. The molecule has 0 aliphatic carbocycles. The second-order valence-corrected chi connectivity index (χ2v) is 4.28. The van der Waals surface area contributed by atoms with E-state index in [9.17, 15) is 4.79 Å². The summed E-state index contributed by atoms with van der Waals surface area (Å²) in [6, 6.07) is 14.0. The topological polar surface area (TPSA) is 85.3 Å². The Balaban J connectivity index is 2.27. The van der Waals surface area contributed by atoms with E-state index in [0.717, 1.165) is 5.56 Å². The number of hydrogen-bond donors (Lipinski definition) is 1. The first kappa shape index (κ1) is 14.4. The highest BCUT2D eigenvalue weighted by Crippen LogP contribution is 2.25. The highest BCUT2D eigenvalue weighted by Gasteiger charge is 2.12. The van der Waals surface area contributed by atoms with Crippen LogP contribution in [0.25, 0.3) is 0 Å². The second kappa shape index (κ2) is 6.44. The van der Waals surface area contributed by atoms with E-state index in [1.54, 1.807) is 36.4 Å². The van der Waals surface area contributed by atoms with Crippen LogP contribution in [0.5, 0.6) is 11.5 Å². The fourth-order valence-electron chi connectivity index (χ4n) is 1.86. The second-order valence-electron chi connectivity index (χ2n) is 4.28. The average Bonchev–Trinajstić information content (AvgIpc) is 2.52. The van der Waals surface area contributed by atoms with Crippen LogP contribution in [0.1, 0.15) is 21.5 Å². The number of methoxy groups -OCH3 is 1. The smallest absolute Gasteiger partial charge is 0.252 e. The Morgan fingerprint density at radius 1 is 1.29 bits per heavy atom. The number of hydrogen-bond acceptors (Lipinski definition) is 4. The van der Waals surface area contributed by atoms with Crippen molar-refractivity contribution in [1.82, 2.24) is 0 Å². The van der Waals surface area contributed by atoms with Gasteiger partial charge in [0, 0.05) is 11.6 Å². The monoisotopic (exact) mass is 282 g/mol. The highest BCUT2D eigenvalue weighted by molar-refractivity contribution is 5.95. The third-order valence-electron chi connectivity index (χ3n) is 2.98. The third-order valence-corrected chi connectivity index (χ3v) is 2.98. The molecule has 0 saturated heterocycles. The summed E-state index contributed by atoms with van der Waals surface area (Å²) in [6.07, 6.45) is 0. The molecule has 0 aliphatic heterocycles. The number of benzene rings is 2. The van der Waals surface area contributed by atoms with Gasteiger partial charge in [0.2, 0.25) is 0 Å². The molecule has 0 aliphatic rings. The standard InChI is InChI=1S/C16H14N2O3/c1-20-13-6-7-14(16(18)19)15(8-13)21-10-12-5-3-2-4-11(12)9-17/h2-8H,10H2,1H3,(H2,18,19). The number of nitrogens with zero attached hydrogens (tertiary/aromatic N) is 1. The molecule has 0 fully saturated rings. The first-order valence-corrected chi connectivity index (χ1v) is 6.24. The number of ether oxygens (including phenoxy) is 2. The largest absolute Gasteiger partial charge is 0.497 e. The summed E-state index contributed by atoms with van der Waals surface area (Å²) in [5, 5.41) is 9.04. The lowest BCUT2D eigenvalue weighted by molar-refractivity contribution is 0.0996. The maximum Gasteiger partial charge on any atom is 0.252 e. The molecule has 2 aromatic rings. The van der Waals surface area contributed by atoms with Crippen molar-refractivity contribution < 1.29 is 14.3 Å². The minimum Gasteiger partial charge on any atom is -0.497 e. The molecule has 0 heterocycles. The lowest BCUT2D eigenvalue weighted by Gasteiger charge is -2.12. The number of carbonyl (C=O) groups is 1. The van der Waals surface area contributed by atoms with Gasteiger partial charge in [-0.05, 0) is 18.2 Å². The summed E-state index contributed by atoms with van der Waals surface area (Å²) in [6.45, 7) is 0.164. The molecule has 5 heteroatoms. The minimum atomic E-state index is -0.582. The highest BCUT2D eigenvalue weighted by atomic mass is 16.5. The van der Waals surface area contributed by atoms with E-state index in [1.165, 1.54) is 7.11 Å². The lowest BCUT2D eigenvalue weighted by Crippen LogP contribution is -2.13. The summed E-state index contributed by atoms with van der Waals surface area (Å²) in [4.78, 5) is 11.4. The van der Waals surface area contributed by atoms with Gasteiger partial charge in [0.1, 0.15) is 18.1 Å². The number of carbonyl (C=O) groups excluding carboxylic acids is 1. The Morgan fingerprint density at radius 3 is 2.71 bits per heavy atom. The van der Waals surface area contributed by atoms with Crippen molar-refractivity contribution >= 4 is 5.91 Å². The Bertz CT molecular complexity index is 705. The lowest BCUT2D eigenvalue weighted by atomic mass is 10.1. The van der Waals surface area contributed by atoms with Crippen molar-refractivity contribution in [3.05, 3.63) is 59.2 Å². The minimum absolute atomic E-state index is 0.164. The molecule has 5 nitrogen and oxygen atoms in total. The summed E-state index contributed by atoms with van der Waals surface area (Å²) >= 11 is 0. The van der Waals surface area contributed by atoms with Crippen LogP contribution in [0.3, 0.4) is 0 Å². The van der Waals surface area contributed by atoms with Crippen LogP contribution in [0.4, 0.5) is 0 Å². The predicted octanol–water partition coefficient (Wildman–Crippen LogP) is 2.24. The van der Waals surface area contributed by atoms with Crippen LogP contribution in [0.2, 0.25) is 0 Å². The van der Waals surface area contributed by atoms with Crippen molar-refractivity contribution in [2.24, 2.45) is 5.73 Å². The first-order chi connectivity index (χ1) is 10.2. The molecular formula is C16H14N2O3. The third kappa shape index (κ3) is 3.31. The van der Waals surface area contributed by atoms with Crippen molar-refractivity contribution in [3.63, 3.8) is 0 Å². The molecule has 0 spiro atoms. The van der Waals surface area contributed by atoms with Crippen LogP contribution in [0, 0.1) is 11.3 Å². The SMILES string of the molecule is COc1ccc(C(N)=O)c(OCc2ccccc2C#N)c1. The van der Waals surface area contributed by atoms with Crippen molar-refractivity contribution in [3.8, 4) is 17.6 Å². The van der Waals surface area contributed by atoms with E-state index >= 15 is 0 Å². The maximum absolute atomic E-state index is 11.4. The number of nitrogens with two attached hydrogens (primary N) is 1. The zero-order valence-corrected chi connectivity index (χ0v) is 11.5. The van der Waals surface area contributed by atoms with Crippen LogP contribution in [-0.4, -0.2) is 13.0 Å². The van der Waals surface area contributed by atoms with Crippen LogP contribution < -0.4 is 15.2 Å². The van der Waals surface area contributed by atoms with E-state index in [0.29, 0.717) is 17.1 Å². The zero-order chi connectivity index (χ0) is 15.2. The Hall–Kier alpha value is -3.00. The van der Waals surface area contributed by atoms with Gasteiger partial charge in [0.05, 0.1) is 24.3 Å². The first-order valence-electron chi connectivity index (χ1n) is 6.24. The molecule has 106 valence electrons. The normalized spacial score (nSPS) is 9.71. The fourth-order valence-corrected chi connectivity index (χ4v) is 1.86. The van der Waals surface area contributed by atoms with Crippen molar-refractivity contribution in [1.29, 1.82) is 5.26 Å². The Labute approximate surface area is 122 Å². The summed E-state index contributed by atoms with van der Waals surface area (Å²) in [5.41, 5.74) is 6.85. The van der Waals surface area contributed by atoms with Crippen molar-refractivity contribution in [2.75, 3.05) is 7.11 Å². The van der Waals surface area contributed by atoms with Crippen molar-refractivity contribution in [2.45, 2.75) is 6.61 Å². The number of primary amides is 1. The molecular weight excluding hydrogens is 268 g/mol. The van der Waals surface area contributed by atoms with Gasteiger partial charge in [-0.1, -0.05) is 18.2 Å². The molecule has 0 saturated carbocycles. The van der Waals surface area contributed by atoms with Gasteiger partial charge in [-0.25, -0.2) is 0 Å². The zero-order valence-electron chi connectivity index (χ0n) is 11.5. The molecule has 0 atom stereocenters. The molecule has 2 rings (SSSR count).